The van der Waals surface area contributed by atoms with E-state index in [1.54, 1.807) is 23.9 Å². The first-order chi connectivity index (χ1) is 7.84. The van der Waals surface area contributed by atoms with Gasteiger partial charge in [0.25, 0.3) is 0 Å². The lowest BCUT2D eigenvalue weighted by Crippen LogP contribution is -2.34. The van der Waals surface area contributed by atoms with E-state index in [9.17, 15) is 4.39 Å². The molecular formula is C13H18FNS. The van der Waals surface area contributed by atoms with Crippen LogP contribution in [0.25, 0.3) is 0 Å². The summed E-state index contributed by atoms with van der Waals surface area (Å²) in [6, 6.07) is 7.53. The molecule has 16 heavy (non-hydrogen) atoms. The third-order valence-electron chi connectivity index (χ3n) is 2.94. The Morgan fingerprint density at radius 2 is 2.31 bits per heavy atom. The first-order valence-corrected chi connectivity index (χ1v) is 6.95. The largest absolute Gasteiger partial charge is 0.314 e. The summed E-state index contributed by atoms with van der Waals surface area (Å²) < 4.78 is 12.9. The molecule has 0 saturated carbocycles. The van der Waals surface area contributed by atoms with E-state index in [0.29, 0.717) is 6.04 Å². The van der Waals surface area contributed by atoms with Crippen molar-refractivity contribution in [1.82, 2.24) is 5.32 Å². The van der Waals surface area contributed by atoms with Crippen LogP contribution in [0.3, 0.4) is 0 Å². The van der Waals surface area contributed by atoms with Crippen molar-refractivity contribution in [2.45, 2.75) is 36.6 Å². The fraction of sp³-hybridized carbons (Fsp3) is 0.538. The minimum atomic E-state index is -0.138. The molecule has 1 saturated heterocycles. The highest BCUT2D eigenvalue weighted by Gasteiger charge is 2.11. The SMILES string of the molecule is Fc1cccc(SCCC2CCCCN2)c1. The maximum atomic E-state index is 12.9. The maximum Gasteiger partial charge on any atom is 0.124 e. The first kappa shape index (κ1) is 11.9. The van der Waals surface area contributed by atoms with Crippen LogP contribution in [0.1, 0.15) is 25.7 Å². The first-order valence-electron chi connectivity index (χ1n) is 5.96. The van der Waals surface area contributed by atoms with Gasteiger partial charge in [0, 0.05) is 10.9 Å². The topological polar surface area (TPSA) is 12.0 Å². The monoisotopic (exact) mass is 239 g/mol. The quantitative estimate of drug-likeness (QED) is 0.808. The molecule has 1 aromatic carbocycles. The average molecular weight is 239 g/mol. The van der Waals surface area contributed by atoms with Gasteiger partial charge in [-0.1, -0.05) is 12.5 Å². The molecule has 0 bridgehead atoms. The molecule has 0 radical (unpaired) electrons. The Kier molecular flexibility index (Phi) is 4.67. The van der Waals surface area contributed by atoms with Crippen LogP contribution in [-0.4, -0.2) is 18.3 Å². The van der Waals surface area contributed by atoms with Gasteiger partial charge in [0.1, 0.15) is 5.82 Å². The van der Waals surface area contributed by atoms with E-state index < -0.39 is 0 Å². The summed E-state index contributed by atoms with van der Waals surface area (Å²) in [5.41, 5.74) is 0. The summed E-state index contributed by atoms with van der Waals surface area (Å²) in [7, 11) is 0. The fourth-order valence-electron chi connectivity index (χ4n) is 2.05. The highest BCUT2D eigenvalue weighted by molar-refractivity contribution is 7.99. The molecule has 1 heterocycles. The Morgan fingerprint density at radius 1 is 1.38 bits per heavy atom. The number of halogens is 1. The molecule has 0 aromatic heterocycles. The normalized spacial score (nSPS) is 20.9. The molecular weight excluding hydrogens is 221 g/mol. The zero-order chi connectivity index (χ0) is 11.2. The second-order valence-corrected chi connectivity index (χ2v) is 5.41. The minimum Gasteiger partial charge on any atom is -0.314 e. The Labute approximate surface area is 101 Å². The molecule has 1 unspecified atom stereocenters. The van der Waals surface area contributed by atoms with Gasteiger partial charge in [-0.3, -0.25) is 0 Å². The predicted molar refractivity (Wildman–Crippen MR) is 67.4 cm³/mol. The maximum absolute atomic E-state index is 12.9. The summed E-state index contributed by atoms with van der Waals surface area (Å²) in [4.78, 5) is 1.04. The molecule has 1 atom stereocenters. The molecule has 1 N–H and O–H groups in total. The van der Waals surface area contributed by atoms with E-state index >= 15 is 0 Å². The van der Waals surface area contributed by atoms with E-state index in [2.05, 4.69) is 5.32 Å². The Bertz CT molecular complexity index is 323. The summed E-state index contributed by atoms with van der Waals surface area (Å²) in [6.45, 7) is 1.16. The lowest BCUT2D eigenvalue weighted by molar-refractivity contribution is 0.395. The zero-order valence-corrected chi connectivity index (χ0v) is 10.2. The van der Waals surface area contributed by atoms with Crippen LogP contribution < -0.4 is 5.32 Å². The van der Waals surface area contributed by atoms with Crippen molar-refractivity contribution in [2.75, 3.05) is 12.3 Å². The second kappa shape index (κ2) is 6.26. The molecule has 1 aliphatic heterocycles. The van der Waals surface area contributed by atoms with Crippen molar-refractivity contribution >= 4 is 11.8 Å². The second-order valence-electron chi connectivity index (χ2n) is 4.24. The van der Waals surface area contributed by atoms with E-state index in [1.807, 2.05) is 6.07 Å². The molecule has 0 amide bonds. The summed E-state index contributed by atoms with van der Waals surface area (Å²) in [5, 5.41) is 3.53. The fourth-order valence-corrected chi connectivity index (χ4v) is 3.05. The summed E-state index contributed by atoms with van der Waals surface area (Å²) in [5.74, 6) is 0.932. The van der Waals surface area contributed by atoms with Crippen molar-refractivity contribution < 1.29 is 4.39 Å². The van der Waals surface area contributed by atoms with Crippen LogP contribution in [-0.2, 0) is 0 Å². The molecule has 0 aliphatic carbocycles. The highest BCUT2D eigenvalue weighted by atomic mass is 32.2. The van der Waals surface area contributed by atoms with Gasteiger partial charge in [-0.25, -0.2) is 4.39 Å². The van der Waals surface area contributed by atoms with Gasteiger partial charge in [-0.15, -0.1) is 11.8 Å². The highest BCUT2D eigenvalue weighted by Crippen LogP contribution is 2.21. The molecule has 1 fully saturated rings. The molecule has 1 nitrogen and oxygen atoms in total. The number of piperidine rings is 1. The van der Waals surface area contributed by atoms with Crippen LogP contribution >= 0.6 is 11.8 Å². The number of benzene rings is 1. The summed E-state index contributed by atoms with van der Waals surface area (Å²) in [6.07, 6.45) is 5.14. The van der Waals surface area contributed by atoms with Gasteiger partial charge in [0.2, 0.25) is 0 Å². The van der Waals surface area contributed by atoms with Crippen LogP contribution in [0.4, 0.5) is 4.39 Å². The van der Waals surface area contributed by atoms with E-state index in [0.717, 1.165) is 17.2 Å². The van der Waals surface area contributed by atoms with E-state index in [4.69, 9.17) is 0 Å². The molecule has 2 rings (SSSR count). The molecule has 1 aromatic rings. The minimum absolute atomic E-state index is 0.138. The average Bonchev–Trinajstić information content (AvgIpc) is 2.30. The van der Waals surface area contributed by atoms with Crippen LogP contribution in [0, 0.1) is 5.82 Å². The van der Waals surface area contributed by atoms with Crippen LogP contribution in [0.2, 0.25) is 0 Å². The van der Waals surface area contributed by atoms with Gasteiger partial charge in [-0.05, 0) is 49.8 Å². The van der Waals surface area contributed by atoms with Crippen LogP contribution in [0.15, 0.2) is 29.2 Å². The van der Waals surface area contributed by atoms with E-state index in [1.165, 1.54) is 31.7 Å². The number of hydrogen-bond donors (Lipinski definition) is 1. The van der Waals surface area contributed by atoms with Crippen molar-refractivity contribution in [2.24, 2.45) is 0 Å². The predicted octanol–water partition coefficient (Wildman–Crippen LogP) is 3.45. The third-order valence-corrected chi connectivity index (χ3v) is 3.97. The summed E-state index contributed by atoms with van der Waals surface area (Å²) >= 11 is 1.75. The Balaban J connectivity index is 1.71. The zero-order valence-electron chi connectivity index (χ0n) is 9.42. The lowest BCUT2D eigenvalue weighted by Gasteiger charge is -2.23. The Morgan fingerprint density at radius 3 is 3.06 bits per heavy atom. The van der Waals surface area contributed by atoms with Gasteiger partial charge in [0.15, 0.2) is 0 Å². The molecule has 3 heteroatoms. The lowest BCUT2D eigenvalue weighted by atomic mass is 10.0. The van der Waals surface area contributed by atoms with Crippen molar-refractivity contribution in [1.29, 1.82) is 0 Å². The third kappa shape index (κ3) is 3.80. The van der Waals surface area contributed by atoms with Gasteiger partial charge in [-0.2, -0.15) is 0 Å². The van der Waals surface area contributed by atoms with Gasteiger partial charge >= 0.3 is 0 Å². The molecule has 1 aliphatic rings. The Hall–Kier alpha value is -0.540. The van der Waals surface area contributed by atoms with Crippen molar-refractivity contribution in [3.05, 3.63) is 30.1 Å². The standard InChI is InChI=1S/C13H18FNS/c14-11-4-3-6-13(10-11)16-9-7-12-5-1-2-8-15-12/h3-4,6,10,12,15H,1-2,5,7-9H2. The van der Waals surface area contributed by atoms with Crippen molar-refractivity contribution in [3.63, 3.8) is 0 Å². The number of rotatable bonds is 4. The van der Waals surface area contributed by atoms with Crippen molar-refractivity contribution in [3.8, 4) is 0 Å². The van der Waals surface area contributed by atoms with Crippen LogP contribution in [0.5, 0.6) is 0 Å². The van der Waals surface area contributed by atoms with Gasteiger partial charge < -0.3 is 5.32 Å². The number of thioether (sulfide) groups is 1. The molecule has 0 spiro atoms. The molecule has 88 valence electrons. The number of hydrogen-bond acceptors (Lipinski definition) is 2. The smallest absolute Gasteiger partial charge is 0.124 e. The van der Waals surface area contributed by atoms with Gasteiger partial charge in [0.05, 0.1) is 0 Å². The number of nitrogens with one attached hydrogen (secondary N) is 1. The van der Waals surface area contributed by atoms with E-state index in [-0.39, 0.29) is 5.82 Å².